The predicted octanol–water partition coefficient (Wildman–Crippen LogP) is 4.13. The van der Waals surface area contributed by atoms with Gasteiger partial charge in [0.25, 0.3) is 0 Å². The SMILES string of the molecule is c1cc(CN2CCCC[C@H]2c2nnc(C3CCC3)o2)cs1. The number of aromatic nitrogens is 2. The lowest BCUT2D eigenvalue weighted by Gasteiger charge is -2.33. The molecule has 4 nitrogen and oxygen atoms in total. The Hall–Kier alpha value is -1.20. The zero-order chi connectivity index (χ0) is 14.1. The largest absolute Gasteiger partial charge is 0.423 e. The summed E-state index contributed by atoms with van der Waals surface area (Å²) in [6.07, 6.45) is 7.39. The van der Waals surface area contributed by atoms with Crippen LogP contribution in [0.5, 0.6) is 0 Å². The van der Waals surface area contributed by atoms with E-state index in [1.165, 1.54) is 37.7 Å². The zero-order valence-electron chi connectivity index (χ0n) is 12.2. The van der Waals surface area contributed by atoms with E-state index < -0.39 is 0 Å². The Morgan fingerprint density at radius 2 is 2.05 bits per heavy atom. The van der Waals surface area contributed by atoms with Crippen molar-refractivity contribution in [1.29, 1.82) is 0 Å². The van der Waals surface area contributed by atoms with E-state index in [2.05, 4.69) is 31.9 Å². The lowest BCUT2D eigenvalue weighted by atomic mass is 9.85. The van der Waals surface area contributed by atoms with Gasteiger partial charge in [0.15, 0.2) is 0 Å². The second-order valence-electron chi connectivity index (χ2n) is 6.22. The van der Waals surface area contributed by atoms with Crippen LogP contribution in [0, 0.1) is 0 Å². The molecule has 2 fully saturated rings. The first-order chi connectivity index (χ1) is 10.4. The molecule has 5 heteroatoms. The highest BCUT2D eigenvalue weighted by molar-refractivity contribution is 7.07. The van der Waals surface area contributed by atoms with Crippen molar-refractivity contribution in [3.63, 3.8) is 0 Å². The van der Waals surface area contributed by atoms with Crippen molar-refractivity contribution >= 4 is 11.3 Å². The van der Waals surface area contributed by atoms with Crippen LogP contribution in [0.25, 0.3) is 0 Å². The summed E-state index contributed by atoms with van der Waals surface area (Å²) in [5.74, 6) is 2.24. The lowest BCUT2D eigenvalue weighted by molar-refractivity contribution is 0.115. The Balaban J connectivity index is 1.51. The minimum atomic E-state index is 0.306. The highest BCUT2D eigenvalue weighted by Gasteiger charge is 2.31. The monoisotopic (exact) mass is 303 g/mol. The third-order valence-corrected chi connectivity index (χ3v) is 5.51. The molecule has 0 spiro atoms. The van der Waals surface area contributed by atoms with Gasteiger partial charge in [-0.05, 0) is 54.6 Å². The molecule has 1 aliphatic carbocycles. The van der Waals surface area contributed by atoms with E-state index in [1.54, 1.807) is 11.3 Å². The number of piperidine rings is 1. The normalized spacial score (nSPS) is 24.1. The standard InChI is InChI=1S/C16H21N3OS/c1-2-8-19(10-12-7-9-21-11-12)14(6-1)16-18-17-15(20-16)13-4-3-5-13/h7,9,11,13-14H,1-6,8,10H2/t14-/m0/s1. The first-order valence-corrected chi connectivity index (χ1v) is 8.93. The topological polar surface area (TPSA) is 42.2 Å². The van der Waals surface area contributed by atoms with Gasteiger partial charge >= 0.3 is 0 Å². The Labute approximate surface area is 129 Å². The summed E-state index contributed by atoms with van der Waals surface area (Å²) in [7, 11) is 0. The molecule has 1 saturated heterocycles. The van der Waals surface area contributed by atoms with Crippen molar-refractivity contribution in [3.05, 3.63) is 34.2 Å². The third-order valence-electron chi connectivity index (χ3n) is 4.78. The van der Waals surface area contributed by atoms with Crippen LogP contribution < -0.4 is 0 Å². The molecule has 0 bridgehead atoms. The van der Waals surface area contributed by atoms with E-state index in [9.17, 15) is 0 Å². The Morgan fingerprint density at radius 3 is 2.81 bits per heavy atom. The maximum Gasteiger partial charge on any atom is 0.233 e. The van der Waals surface area contributed by atoms with Gasteiger partial charge in [-0.2, -0.15) is 11.3 Å². The van der Waals surface area contributed by atoms with Gasteiger partial charge in [0.1, 0.15) is 0 Å². The van der Waals surface area contributed by atoms with Crippen LogP contribution in [0.1, 0.15) is 67.8 Å². The average Bonchev–Trinajstić information content (AvgIpc) is 3.09. The number of likely N-dealkylation sites (tertiary alicyclic amines) is 1. The van der Waals surface area contributed by atoms with Crippen LogP contribution >= 0.6 is 11.3 Å². The summed E-state index contributed by atoms with van der Waals surface area (Å²) in [6, 6.07) is 2.52. The first-order valence-electron chi connectivity index (χ1n) is 7.98. The highest BCUT2D eigenvalue weighted by atomic mass is 32.1. The maximum absolute atomic E-state index is 6.02. The predicted molar refractivity (Wildman–Crippen MR) is 82.2 cm³/mol. The van der Waals surface area contributed by atoms with E-state index >= 15 is 0 Å². The second-order valence-corrected chi connectivity index (χ2v) is 7.00. The zero-order valence-corrected chi connectivity index (χ0v) is 13.0. The molecular formula is C16H21N3OS. The van der Waals surface area contributed by atoms with Gasteiger partial charge < -0.3 is 4.42 Å². The quantitative estimate of drug-likeness (QED) is 0.852. The Kier molecular flexibility index (Phi) is 3.78. The fourth-order valence-electron chi connectivity index (χ4n) is 3.28. The van der Waals surface area contributed by atoms with Crippen molar-refractivity contribution in [2.24, 2.45) is 0 Å². The molecule has 0 radical (unpaired) electrons. The highest BCUT2D eigenvalue weighted by Crippen LogP contribution is 2.38. The minimum Gasteiger partial charge on any atom is -0.423 e. The van der Waals surface area contributed by atoms with E-state index in [0.717, 1.165) is 31.3 Å². The average molecular weight is 303 g/mol. The molecule has 2 aromatic rings. The smallest absolute Gasteiger partial charge is 0.233 e. The molecule has 0 aromatic carbocycles. The van der Waals surface area contributed by atoms with E-state index in [0.29, 0.717) is 12.0 Å². The van der Waals surface area contributed by atoms with Gasteiger partial charge in [0, 0.05) is 12.5 Å². The van der Waals surface area contributed by atoms with Gasteiger partial charge in [-0.25, -0.2) is 0 Å². The maximum atomic E-state index is 6.02. The van der Waals surface area contributed by atoms with Crippen molar-refractivity contribution in [2.45, 2.75) is 57.0 Å². The molecule has 112 valence electrons. The lowest BCUT2D eigenvalue weighted by Crippen LogP contribution is -2.33. The first kappa shape index (κ1) is 13.5. The van der Waals surface area contributed by atoms with Crippen LogP contribution in [0.3, 0.4) is 0 Å². The molecule has 1 atom stereocenters. The van der Waals surface area contributed by atoms with Gasteiger partial charge in [0.05, 0.1) is 6.04 Å². The summed E-state index contributed by atoms with van der Waals surface area (Å²) in [6.45, 7) is 2.12. The molecule has 1 saturated carbocycles. The molecule has 3 heterocycles. The summed E-state index contributed by atoms with van der Waals surface area (Å²) in [5, 5.41) is 13.1. The van der Waals surface area contributed by atoms with Gasteiger partial charge in [-0.3, -0.25) is 4.90 Å². The molecule has 0 amide bonds. The summed E-state index contributed by atoms with van der Waals surface area (Å²) in [4.78, 5) is 2.50. The molecule has 2 aliphatic rings. The van der Waals surface area contributed by atoms with Crippen LogP contribution in [0.4, 0.5) is 0 Å². The number of thiophene rings is 1. The van der Waals surface area contributed by atoms with E-state index in [4.69, 9.17) is 4.42 Å². The van der Waals surface area contributed by atoms with E-state index in [1.807, 2.05) is 0 Å². The number of rotatable bonds is 4. The molecule has 1 aliphatic heterocycles. The fraction of sp³-hybridized carbons (Fsp3) is 0.625. The van der Waals surface area contributed by atoms with Gasteiger partial charge in [-0.15, -0.1) is 10.2 Å². The van der Waals surface area contributed by atoms with Gasteiger partial charge in [0.2, 0.25) is 11.8 Å². The third kappa shape index (κ3) is 2.77. The van der Waals surface area contributed by atoms with Crippen LogP contribution in [0.15, 0.2) is 21.2 Å². The van der Waals surface area contributed by atoms with Crippen molar-refractivity contribution < 1.29 is 4.42 Å². The number of hydrogen-bond donors (Lipinski definition) is 0. The number of nitrogens with zero attached hydrogens (tertiary/aromatic N) is 3. The van der Waals surface area contributed by atoms with Crippen LogP contribution in [-0.4, -0.2) is 21.6 Å². The molecular weight excluding hydrogens is 282 g/mol. The van der Waals surface area contributed by atoms with Crippen LogP contribution in [0.2, 0.25) is 0 Å². The van der Waals surface area contributed by atoms with Crippen molar-refractivity contribution in [1.82, 2.24) is 15.1 Å². The van der Waals surface area contributed by atoms with Crippen molar-refractivity contribution in [2.75, 3.05) is 6.54 Å². The summed E-state index contributed by atoms with van der Waals surface area (Å²) >= 11 is 1.77. The Bertz CT molecular complexity index is 576. The van der Waals surface area contributed by atoms with Gasteiger partial charge in [-0.1, -0.05) is 12.8 Å². The van der Waals surface area contributed by atoms with Crippen molar-refractivity contribution in [3.8, 4) is 0 Å². The molecule has 4 rings (SSSR count). The number of hydrogen-bond acceptors (Lipinski definition) is 5. The molecule has 0 unspecified atom stereocenters. The summed E-state index contributed by atoms with van der Waals surface area (Å²) in [5.41, 5.74) is 1.39. The fourth-order valence-corrected chi connectivity index (χ4v) is 3.94. The Morgan fingerprint density at radius 1 is 1.14 bits per heavy atom. The molecule has 2 aromatic heterocycles. The summed E-state index contributed by atoms with van der Waals surface area (Å²) < 4.78 is 6.02. The van der Waals surface area contributed by atoms with E-state index in [-0.39, 0.29) is 0 Å². The molecule has 0 N–H and O–H groups in total. The second kappa shape index (κ2) is 5.89. The van der Waals surface area contributed by atoms with Crippen LogP contribution in [-0.2, 0) is 6.54 Å². The minimum absolute atomic E-state index is 0.306. The molecule has 21 heavy (non-hydrogen) atoms.